The predicted octanol–water partition coefficient (Wildman–Crippen LogP) is 0.658. The fourth-order valence-electron chi connectivity index (χ4n) is 2.19. The number of rotatable bonds is 2. The lowest BCUT2D eigenvalue weighted by Crippen LogP contribution is -2.39. The second-order valence-corrected chi connectivity index (χ2v) is 6.65. The molecule has 2 fully saturated rings. The van der Waals surface area contributed by atoms with Crippen LogP contribution in [0.3, 0.4) is 0 Å². The van der Waals surface area contributed by atoms with Gasteiger partial charge in [-0.25, -0.2) is 8.42 Å². The number of sulfone groups is 1. The molecule has 0 spiro atoms. The fourth-order valence-corrected chi connectivity index (χ4v) is 3.18. The molecule has 2 aliphatic rings. The van der Waals surface area contributed by atoms with Gasteiger partial charge in [-0.15, -0.1) is 0 Å². The standard InChI is InChI=1S/C9H17NO2S/c1-13(11,12)9-5-6-10(7-9)8-3-2-4-8/h8-9H,2-7H2,1H3. The normalized spacial score (nSPS) is 31.9. The quantitative estimate of drug-likeness (QED) is 0.661. The Morgan fingerprint density at radius 3 is 2.31 bits per heavy atom. The van der Waals surface area contributed by atoms with Gasteiger partial charge in [0.2, 0.25) is 0 Å². The molecule has 1 atom stereocenters. The molecule has 1 saturated heterocycles. The highest BCUT2D eigenvalue weighted by atomic mass is 32.2. The van der Waals surface area contributed by atoms with Crippen molar-refractivity contribution in [3.8, 4) is 0 Å². The van der Waals surface area contributed by atoms with Gasteiger partial charge in [-0.1, -0.05) is 6.42 Å². The van der Waals surface area contributed by atoms with Gasteiger partial charge in [0, 0.05) is 18.8 Å². The minimum Gasteiger partial charge on any atom is -0.299 e. The average molecular weight is 203 g/mol. The molecule has 0 aromatic heterocycles. The zero-order chi connectivity index (χ0) is 9.47. The van der Waals surface area contributed by atoms with Crippen molar-refractivity contribution in [3.63, 3.8) is 0 Å². The van der Waals surface area contributed by atoms with Crippen LogP contribution >= 0.6 is 0 Å². The Balaban J connectivity index is 1.93. The molecular formula is C9H17NO2S. The lowest BCUT2D eigenvalue weighted by atomic mass is 9.92. The van der Waals surface area contributed by atoms with Crippen molar-refractivity contribution in [2.75, 3.05) is 19.3 Å². The Morgan fingerprint density at radius 1 is 1.23 bits per heavy atom. The van der Waals surface area contributed by atoms with Crippen molar-refractivity contribution in [3.05, 3.63) is 0 Å². The van der Waals surface area contributed by atoms with E-state index in [0.29, 0.717) is 6.04 Å². The van der Waals surface area contributed by atoms with Crippen LogP contribution in [-0.4, -0.2) is 44.0 Å². The van der Waals surface area contributed by atoms with Gasteiger partial charge < -0.3 is 0 Å². The van der Waals surface area contributed by atoms with Crippen LogP contribution in [0.1, 0.15) is 25.7 Å². The summed E-state index contributed by atoms with van der Waals surface area (Å²) >= 11 is 0. The van der Waals surface area contributed by atoms with Gasteiger partial charge in [-0.05, 0) is 25.8 Å². The third-order valence-corrected chi connectivity index (χ3v) is 4.97. The van der Waals surface area contributed by atoms with E-state index >= 15 is 0 Å². The summed E-state index contributed by atoms with van der Waals surface area (Å²) in [6, 6.07) is 0.701. The van der Waals surface area contributed by atoms with E-state index in [2.05, 4.69) is 4.90 Å². The van der Waals surface area contributed by atoms with E-state index in [0.717, 1.165) is 19.5 Å². The first kappa shape index (κ1) is 9.46. The molecule has 0 bridgehead atoms. The van der Waals surface area contributed by atoms with Crippen LogP contribution in [0.15, 0.2) is 0 Å². The number of nitrogens with zero attached hydrogens (tertiary/aromatic N) is 1. The van der Waals surface area contributed by atoms with Gasteiger partial charge in [0.25, 0.3) is 0 Å². The monoisotopic (exact) mass is 203 g/mol. The van der Waals surface area contributed by atoms with Crippen LogP contribution in [-0.2, 0) is 9.84 Å². The van der Waals surface area contributed by atoms with Gasteiger partial charge in [0.15, 0.2) is 9.84 Å². The van der Waals surface area contributed by atoms with Crippen molar-refractivity contribution in [2.24, 2.45) is 0 Å². The van der Waals surface area contributed by atoms with Crippen molar-refractivity contribution in [2.45, 2.75) is 37.0 Å². The third-order valence-electron chi connectivity index (χ3n) is 3.37. The molecule has 1 heterocycles. The lowest BCUT2D eigenvalue weighted by molar-refractivity contribution is 0.159. The Kier molecular flexibility index (Phi) is 2.36. The van der Waals surface area contributed by atoms with E-state index in [1.54, 1.807) is 0 Å². The Morgan fingerprint density at radius 2 is 1.92 bits per heavy atom. The SMILES string of the molecule is CS(=O)(=O)C1CCN(C2CCC2)C1. The molecule has 3 nitrogen and oxygen atoms in total. The molecule has 1 unspecified atom stereocenters. The summed E-state index contributed by atoms with van der Waals surface area (Å²) in [5.41, 5.74) is 0. The molecule has 0 radical (unpaired) electrons. The first-order valence-corrected chi connectivity index (χ1v) is 6.96. The first-order chi connectivity index (χ1) is 6.07. The summed E-state index contributed by atoms with van der Waals surface area (Å²) in [5, 5.41) is -0.0897. The van der Waals surface area contributed by atoms with Gasteiger partial charge in [-0.3, -0.25) is 4.90 Å². The van der Waals surface area contributed by atoms with Crippen LogP contribution in [0.25, 0.3) is 0 Å². The van der Waals surface area contributed by atoms with Crippen LogP contribution in [0.2, 0.25) is 0 Å². The molecule has 0 amide bonds. The maximum atomic E-state index is 11.3. The molecule has 1 saturated carbocycles. The van der Waals surface area contributed by atoms with Crippen molar-refractivity contribution < 1.29 is 8.42 Å². The molecular weight excluding hydrogens is 186 g/mol. The van der Waals surface area contributed by atoms with E-state index in [9.17, 15) is 8.42 Å². The first-order valence-electron chi connectivity index (χ1n) is 5.00. The van der Waals surface area contributed by atoms with Gasteiger partial charge in [-0.2, -0.15) is 0 Å². The highest BCUT2D eigenvalue weighted by Gasteiger charge is 2.35. The molecule has 0 aromatic carbocycles. The van der Waals surface area contributed by atoms with Crippen molar-refractivity contribution in [1.82, 2.24) is 4.90 Å². The summed E-state index contributed by atoms with van der Waals surface area (Å²) in [7, 11) is -2.79. The van der Waals surface area contributed by atoms with Crippen molar-refractivity contribution >= 4 is 9.84 Å². The molecule has 76 valence electrons. The zero-order valence-electron chi connectivity index (χ0n) is 8.07. The summed E-state index contributed by atoms with van der Waals surface area (Å²) in [4.78, 5) is 2.36. The minimum atomic E-state index is -2.79. The topological polar surface area (TPSA) is 37.4 Å². The fraction of sp³-hybridized carbons (Fsp3) is 1.00. The van der Waals surface area contributed by atoms with E-state index in [1.807, 2.05) is 0 Å². The second-order valence-electron chi connectivity index (χ2n) is 4.32. The molecule has 4 heteroatoms. The largest absolute Gasteiger partial charge is 0.299 e. The Labute approximate surface area is 80.0 Å². The molecule has 13 heavy (non-hydrogen) atoms. The second kappa shape index (κ2) is 3.24. The summed E-state index contributed by atoms with van der Waals surface area (Å²) < 4.78 is 22.6. The average Bonchev–Trinajstić information content (AvgIpc) is 2.29. The zero-order valence-corrected chi connectivity index (χ0v) is 8.89. The molecule has 0 aromatic rings. The minimum absolute atomic E-state index is 0.0897. The van der Waals surface area contributed by atoms with E-state index in [-0.39, 0.29) is 5.25 Å². The highest BCUT2D eigenvalue weighted by molar-refractivity contribution is 7.91. The molecule has 1 aliphatic heterocycles. The van der Waals surface area contributed by atoms with Gasteiger partial charge in [0.05, 0.1) is 5.25 Å². The molecule has 2 rings (SSSR count). The highest BCUT2D eigenvalue weighted by Crippen LogP contribution is 2.29. The third kappa shape index (κ3) is 1.89. The van der Waals surface area contributed by atoms with Gasteiger partial charge >= 0.3 is 0 Å². The smallest absolute Gasteiger partial charge is 0.151 e. The predicted molar refractivity (Wildman–Crippen MR) is 52.5 cm³/mol. The number of hydrogen-bond acceptors (Lipinski definition) is 3. The van der Waals surface area contributed by atoms with Crippen LogP contribution < -0.4 is 0 Å². The van der Waals surface area contributed by atoms with Gasteiger partial charge in [0.1, 0.15) is 0 Å². The number of hydrogen-bond donors (Lipinski definition) is 0. The van der Waals surface area contributed by atoms with Crippen molar-refractivity contribution in [1.29, 1.82) is 0 Å². The lowest BCUT2D eigenvalue weighted by Gasteiger charge is -2.34. The summed E-state index contributed by atoms with van der Waals surface area (Å²) in [6.45, 7) is 1.77. The van der Waals surface area contributed by atoms with E-state index in [4.69, 9.17) is 0 Å². The van der Waals surface area contributed by atoms with Crippen LogP contribution in [0.5, 0.6) is 0 Å². The van der Waals surface area contributed by atoms with E-state index < -0.39 is 9.84 Å². The Bertz CT molecular complexity index is 282. The maximum absolute atomic E-state index is 11.3. The van der Waals surface area contributed by atoms with Crippen LogP contribution in [0.4, 0.5) is 0 Å². The van der Waals surface area contributed by atoms with Crippen LogP contribution in [0, 0.1) is 0 Å². The van der Waals surface area contributed by atoms with E-state index in [1.165, 1.54) is 25.5 Å². The summed E-state index contributed by atoms with van der Waals surface area (Å²) in [5.74, 6) is 0. The number of likely N-dealkylation sites (tertiary alicyclic amines) is 1. The molecule has 1 aliphatic carbocycles. The molecule has 0 N–H and O–H groups in total. The summed E-state index contributed by atoms with van der Waals surface area (Å²) in [6.07, 6.45) is 6.08. The Hall–Kier alpha value is -0.0900. The maximum Gasteiger partial charge on any atom is 0.151 e.